The van der Waals surface area contributed by atoms with E-state index in [9.17, 15) is 9.60 Å². The van der Waals surface area contributed by atoms with Crippen molar-refractivity contribution in [3.63, 3.8) is 0 Å². The highest BCUT2D eigenvalue weighted by molar-refractivity contribution is 6.99. The first kappa shape index (κ1) is 33.9. The molecule has 4 atom stereocenters. The van der Waals surface area contributed by atoms with Gasteiger partial charge in [-0.1, -0.05) is 81.4 Å². The van der Waals surface area contributed by atoms with Crippen molar-refractivity contribution >= 4 is 30.5 Å². The monoisotopic (exact) mass is 651 g/mol. The molecule has 0 unspecified atom stereocenters. The Bertz CT molecular complexity index is 1430. The van der Waals surface area contributed by atoms with E-state index in [-0.39, 0.29) is 22.8 Å². The van der Waals surface area contributed by atoms with E-state index in [0.717, 1.165) is 10.4 Å². The molecule has 46 heavy (non-hydrogen) atoms. The van der Waals surface area contributed by atoms with Crippen molar-refractivity contribution in [1.82, 2.24) is 25.3 Å². The van der Waals surface area contributed by atoms with Gasteiger partial charge >= 0.3 is 6.01 Å². The summed E-state index contributed by atoms with van der Waals surface area (Å²) in [6, 6.07) is 20.4. The third-order valence-corrected chi connectivity index (χ3v) is 14.1. The zero-order chi connectivity index (χ0) is 33.1. The van der Waals surface area contributed by atoms with Crippen LogP contribution in [0.2, 0.25) is 5.04 Å². The van der Waals surface area contributed by atoms with Gasteiger partial charge in [0.15, 0.2) is 5.84 Å². The molecular weight excluding hydrogens is 605 g/mol. The van der Waals surface area contributed by atoms with E-state index >= 15 is 0 Å². The second kappa shape index (κ2) is 13.7. The van der Waals surface area contributed by atoms with Gasteiger partial charge in [0.25, 0.3) is 8.32 Å². The third-order valence-electron chi connectivity index (χ3n) is 8.89. The molecule has 0 aliphatic carbocycles. The van der Waals surface area contributed by atoms with Crippen molar-refractivity contribution in [3.8, 4) is 6.01 Å². The number of ether oxygens (including phenoxy) is 2. The summed E-state index contributed by atoms with van der Waals surface area (Å²) in [7, 11) is -1.09. The molecule has 1 aromatic heterocycles. The van der Waals surface area contributed by atoms with Crippen LogP contribution in [0.5, 0.6) is 6.01 Å². The first-order valence-electron chi connectivity index (χ1n) is 15.8. The lowest BCUT2D eigenvalue weighted by atomic mass is 10.1. The predicted molar refractivity (Wildman–Crippen MR) is 178 cm³/mol. The Kier molecular flexibility index (Phi) is 10.1. The molecule has 2 aliphatic heterocycles. The van der Waals surface area contributed by atoms with E-state index in [1.807, 2.05) is 34.5 Å². The minimum atomic E-state index is -2.96. The number of likely N-dealkylation sites (tertiary alicyclic amines) is 1. The van der Waals surface area contributed by atoms with Crippen LogP contribution in [0.1, 0.15) is 46.9 Å². The third kappa shape index (κ3) is 6.93. The Balaban J connectivity index is 1.53. The van der Waals surface area contributed by atoms with Gasteiger partial charge in [0.2, 0.25) is 11.8 Å². The molecular formula is C33H46FN7O4Si. The van der Waals surface area contributed by atoms with Crippen LogP contribution in [0.3, 0.4) is 0 Å². The Morgan fingerprint density at radius 3 is 2.26 bits per heavy atom. The molecule has 0 amide bonds. The number of aromatic nitrogens is 3. The highest BCUT2D eigenvalue weighted by Crippen LogP contribution is 2.40. The van der Waals surface area contributed by atoms with Crippen LogP contribution in [0.25, 0.3) is 0 Å². The summed E-state index contributed by atoms with van der Waals surface area (Å²) in [5.74, 6) is -0.280. The van der Waals surface area contributed by atoms with Crippen molar-refractivity contribution in [2.24, 2.45) is 0 Å². The average Bonchev–Trinajstić information content (AvgIpc) is 3.25. The normalized spacial score (nSPS) is 23.5. The second-order valence-electron chi connectivity index (χ2n) is 13.5. The maximum Gasteiger partial charge on any atom is 0.322 e. The molecule has 3 N–H and O–H groups in total. The van der Waals surface area contributed by atoms with Crippen molar-refractivity contribution < 1.29 is 23.5 Å². The fourth-order valence-corrected chi connectivity index (χ4v) is 11.5. The Morgan fingerprint density at radius 1 is 1.09 bits per heavy atom. The van der Waals surface area contributed by atoms with Crippen molar-refractivity contribution in [3.05, 3.63) is 66.5 Å². The van der Waals surface area contributed by atoms with Gasteiger partial charge in [-0.3, -0.25) is 15.5 Å². The predicted octanol–water partition coefficient (Wildman–Crippen LogP) is 3.16. The fourth-order valence-electron chi connectivity index (χ4n) is 6.76. The number of alkyl halides is 1. The van der Waals surface area contributed by atoms with E-state index in [0.29, 0.717) is 39.3 Å². The molecule has 2 saturated heterocycles. The molecule has 11 nitrogen and oxygen atoms in total. The Hall–Kier alpha value is -3.49. The number of hydroxylamine groups is 1. The van der Waals surface area contributed by atoms with Gasteiger partial charge < -0.3 is 18.8 Å². The fraction of sp³-hybridized carbons (Fsp3) is 0.515. The number of halogens is 1. The minimum absolute atomic E-state index is 0.0558. The molecule has 0 bridgehead atoms. The number of hydrogen-bond acceptors (Lipinski definition) is 10. The van der Waals surface area contributed by atoms with Crippen molar-refractivity contribution in [2.45, 2.75) is 70.0 Å². The van der Waals surface area contributed by atoms with Gasteiger partial charge in [-0.05, 0) is 42.7 Å². The average molecular weight is 652 g/mol. The summed E-state index contributed by atoms with van der Waals surface area (Å²) < 4.78 is 34.6. The summed E-state index contributed by atoms with van der Waals surface area (Å²) in [6.45, 7) is 12.7. The van der Waals surface area contributed by atoms with E-state index < -0.39 is 38.1 Å². The van der Waals surface area contributed by atoms with Crippen LogP contribution in [0.4, 0.5) is 10.3 Å². The Morgan fingerprint density at radius 2 is 1.72 bits per heavy atom. The van der Waals surface area contributed by atoms with Crippen molar-refractivity contribution in [2.75, 3.05) is 44.8 Å². The summed E-state index contributed by atoms with van der Waals surface area (Å²) >= 11 is 0. The standard InChI is InChI=1S/C33H46FN7O4Si/c1-23(27-26(34)17-18-40(27)6)44-31-37-29(28(35)39-42)36-30(38-31)41-19-20-43-22-33(5,21-41)45-46(32(2,3)4,24-13-9-7-10-14-24)25-15-11-8-12-16-25/h7-16,23,26-27,42H,17-22H2,1-6H3,(H2,35,39)/t23-,26-,27-,33+/m1/s1. The largest absolute Gasteiger partial charge is 0.459 e. The zero-order valence-electron chi connectivity index (χ0n) is 27.5. The molecule has 2 fully saturated rings. The van der Waals surface area contributed by atoms with Crippen molar-refractivity contribution in [1.29, 1.82) is 5.41 Å². The number of rotatable bonds is 9. The first-order valence-corrected chi connectivity index (χ1v) is 17.7. The minimum Gasteiger partial charge on any atom is -0.459 e. The molecule has 248 valence electrons. The quantitative estimate of drug-likeness (QED) is 0.137. The van der Waals surface area contributed by atoms with Crippen LogP contribution < -0.4 is 25.5 Å². The van der Waals surface area contributed by atoms with E-state index in [1.54, 1.807) is 6.92 Å². The molecule has 3 heterocycles. The summed E-state index contributed by atoms with van der Waals surface area (Å²) in [4.78, 5) is 17.3. The van der Waals surface area contributed by atoms with E-state index in [1.165, 1.54) is 0 Å². The molecule has 0 spiro atoms. The molecule has 2 aliphatic rings. The van der Waals surface area contributed by atoms with Gasteiger partial charge in [-0.2, -0.15) is 15.0 Å². The Labute approximate surface area is 271 Å². The number of nitrogens with one attached hydrogen (secondary N) is 2. The van der Waals surface area contributed by atoms with Crippen LogP contribution in [0.15, 0.2) is 60.7 Å². The maximum absolute atomic E-state index is 14.7. The summed E-state index contributed by atoms with van der Waals surface area (Å²) in [5.41, 5.74) is 1.01. The van der Waals surface area contributed by atoms with Crippen LogP contribution in [-0.2, 0) is 9.16 Å². The molecule has 13 heteroatoms. The molecule has 0 radical (unpaired) electrons. The molecule has 2 aromatic carbocycles. The van der Waals surface area contributed by atoms with Crippen LogP contribution >= 0.6 is 0 Å². The number of benzene rings is 2. The van der Waals surface area contributed by atoms with Gasteiger partial charge in [0, 0.05) is 13.1 Å². The smallest absolute Gasteiger partial charge is 0.322 e. The molecule has 0 saturated carbocycles. The number of hydrogen-bond donors (Lipinski definition) is 3. The number of anilines is 1. The summed E-state index contributed by atoms with van der Waals surface area (Å²) in [5, 5.41) is 19.8. The lowest BCUT2D eigenvalue weighted by molar-refractivity contribution is -0.000407. The maximum atomic E-state index is 14.7. The van der Waals surface area contributed by atoms with Crippen LogP contribution in [-0.4, -0.2) is 103 Å². The number of amidine groups is 1. The van der Waals surface area contributed by atoms with Gasteiger partial charge in [0.05, 0.1) is 31.4 Å². The number of nitrogens with zero attached hydrogens (tertiary/aromatic N) is 5. The lowest BCUT2D eigenvalue weighted by Crippen LogP contribution is -2.70. The first-order chi connectivity index (χ1) is 21.9. The van der Waals surface area contributed by atoms with Gasteiger partial charge in [0.1, 0.15) is 12.3 Å². The highest BCUT2D eigenvalue weighted by Gasteiger charge is 2.54. The van der Waals surface area contributed by atoms with E-state index in [4.69, 9.17) is 19.3 Å². The molecule has 3 aromatic rings. The second-order valence-corrected chi connectivity index (χ2v) is 17.7. The zero-order valence-corrected chi connectivity index (χ0v) is 28.5. The topological polar surface area (TPSA) is 129 Å². The van der Waals surface area contributed by atoms with Crippen LogP contribution in [0, 0.1) is 5.41 Å². The summed E-state index contributed by atoms with van der Waals surface area (Å²) in [6.07, 6.45) is -1.18. The molecule has 5 rings (SSSR count). The highest BCUT2D eigenvalue weighted by atomic mass is 28.4. The lowest BCUT2D eigenvalue weighted by Gasteiger charge is -2.48. The SMILES string of the molecule is C[C@@H](Oc1nc(C(=N)NO)nc(N2CCOC[C@@](C)(O[Si](c3ccccc3)(c3ccccc3)C(C)(C)C)C2)n1)[C@@H]1[C@H](F)CCN1C. The number of likely N-dealkylation sites (N-methyl/N-ethyl adjacent to an activating group) is 1. The van der Waals surface area contributed by atoms with Gasteiger partial charge in [-0.15, -0.1) is 0 Å². The van der Waals surface area contributed by atoms with Gasteiger partial charge in [-0.25, -0.2) is 9.87 Å². The van der Waals surface area contributed by atoms with E-state index in [2.05, 4.69) is 91.2 Å².